The van der Waals surface area contributed by atoms with Crippen LogP contribution in [-0.4, -0.2) is 46.0 Å². The molecule has 6 nitrogen and oxygen atoms in total. The quantitative estimate of drug-likeness (QED) is 0.285. The number of nitrogens with zero attached hydrogens (tertiary/aromatic N) is 2. The molecule has 2 aromatic rings. The van der Waals surface area contributed by atoms with Gasteiger partial charge in [0.05, 0.1) is 5.75 Å². The van der Waals surface area contributed by atoms with Crippen LogP contribution in [0, 0.1) is 0 Å². The molecular weight excluding hydrogens is 519 g/mol. The zero-order valence-electron chi connectivity index (χ0n) is 17.4. The van der Waals surface area contributed by atoms with Gasteiger partial charge in [0.2, 0.25) is 10.0 Å². The van der Waals surface area contributed by atoms with E-state index in [0.29, 0.717) is 6.54 Å². The summed E-state index contributed by atoms with van der Waals surface area (Å²) in [5.41, 5.74) is 1.74. The van der Waals surface area contributed by atoms with Crippen molar-refractivity contribution >= 4 is 51.3 Å². The normalized spacial score (nSPS) is 12.0. The number of nitrogens with one attached hydrogen (secondary N) is 2. The van der Waals surface area contributed by atoms with Crippen LogP contribution in [0.4, 0.5) is 0 Å². The second-order valence-electron chi connectivity index (χ2n) is 6.95. The summed E-state index contributed by atoms with van der Waals surface area (Å²) in [6.07, 6.45) is 0.963. The van der Waals surface area contributed by atoms with Crippen molar-refractivity contribution in [3.63, 3.8) is 0 Å². The Kier molecular flexibility index (Phi) is 11.2. The summed E-state index contributed by atoms with van der Waals surface area (Å²) in [5.74, 6) is 0.755. The van der Waals surface area contributed by atoms with E-state index in [1.165, 1.54) is 4.88 Å². The van der Waals surface area contributed by atoms with E-state index in [1.807, 2.05) is 45.2 Å². The molecule has 1 heterocycles. The number of benzene rings is 1. The van der Waals surface area contributed by atoms with Crippen molar-refractivity contribution in [2.24, 2.45) is 4.99 Å². The van der Waals surface area contributed by atoms with Gasteiger partial charge in [-0.1, -0.05) is 30.3 Å². The molecule has 0 aliphatic heterocycles. The molecule has 2 N–H and O–H groups in total. The third-order valence-corrected chi connectivity index (χ3v) is 6.62. The molecule has 162 valence electrons. The molecule has 0 bridgehead atoms. The zero-order chi connectivity index (χ0) is 20.6. The maximum atomic E-state index is 12.3. The number of hydrogen-bond acceptors (Lipinski definition) is 4. The Morgan fingerprint density at radius 1 is 1.17 bits per heavy atom. The molecule has 0 spiro atoms. The minimum absolute atomic E-state index is 0. The van der Waals surface area contributed by atoms with Gasteiger partial charge in [0.25, 0.3) is 0 Å². The molecule has 1 aromatic carbocycles. The molecule has 29 heavy (non-hydrogen) atoms. The molecule has 0 aliphatic carbocycles. The standard InChI is InChI=1S/C20H30N4O2S2.HI/c1-16(2)23-28(25,26)15-18-9-6-5-8-17(18)14-22-20(21-3)24(4)12-11-19-10-7-13-27-19;/h5-10,13,16,23H,11-12,14-15H2,1-4H3,(H,21,22);1H. The Morgan fingerprint density at radius 2 is 1.86 bits per heavy atom. The van der Waals surface area contributed by atoms with Crippen LogP contribution in [0.15, 0.2) is 46.8 Å². The summed E-state index contributed by atoms with van der Waals surface area (Å²) in [6.45, 7) is 5.01. The second kappa shape index (κ2) is 12.5. The van der Waals surface area contributed by atoms with E-state index in [9.17, 15) is 8.42 Å². The van der Waals surface area contributed by atoms with E-state index in [-0.39, 0.29) is 35.8 Å². The van der Waals surface area contributed by atoms with Gasteiger partial charge in [-0.05, 0) is 42.8 Å². The van der Waals surface area contributed by atoms with Crippen molar-refractivity contribution in [3.05, 3.63) is 57.8 Å². The minimum Gasteiger partial charge on any atom is -0.352 e. The number of hydrogen-bond donors (Lipinski definition) is 2. The minimum atomic E-state index is -3.37. The summed E-state index contributed by atoms with van der Waals surface area (Å²) in [7, 11) is 0.395. The van der Waals surface area contributed by atoms with Crippen molar-refractivity contribution in [2.45, 2.75) is 38.6 Å². The first-order valence-electron chi connectivity index (χ1n) is 9.31. The second-order valence-corrected chi connectivity index (χ2v) is 9.74. The smallest absolute Gasteiger partial charge is 0.216 e. The van der Waals surface area contributed by atoms with Gasteiger partial charge in [0.1, 0.15) is 0 Å². The highest BCUT2D eigenvalue weighted by molar-refractivity contribution is 14.0. The fourth-order valence-corrected chi connectivity index (χ4v) is 5.06. The molecule has 2 rings (SSSR count). The van der Waals surface area contributed by atoms with Crippen LogP contribution in [0.5, 0.6) is 0 Å². The van der Waals surface area contributed by atoms with Gasteiger partial charge >= 0.3 is 0 Å². The van der Waals surface area contributed by atoms with Gasteiger partial charge in [-0.15, -0.1) is 35.3 Å². The molecule has 0 atom stereocenters. The molecule has 0 saturated carbocycles. The lowest BCUT2D eigenvalue weighted by molar-refractivity contribution is 0.486. The third kappa shape index (κ3) is 9.02. The first-order chi connectivity index (χ1) is 13.3. The number of halogens is 1. The van der Waals surface area contributed by atoms with E-state index in [0.717, 1.165) is 30.1 Å². The number of aliphatic imine (C=N–C) groups is 1. The maximum absolute atomic E-state index is 12.3. The van der Waals surface area contributed by atoms with Gasteiger partial charge in [0, 0.05) is 38.1 Å². The molecule has 0 radical (unpaired) electrons. The Morgan fingerprint density at radius 3 is 2.45 bits per heavy atom. The van der Waals surface area contributed by atoms with Crippen LogP contribution in [-0.2, 0) is 28.7 Å². The Balaban J connectivity index is 0.00000420. The average molecular weight is 551 g/mol. The third-order valence-electron chi connectivity index (χ3n) is 4.16. The summed E-state index contributed by atoms with van der Waals surface area (Å²) in [4.78, 5) is 7.78. The number of sulfonamides is 1. The Bertz CT molecular complexity index is 868. The zero-order valence-corrected chi connectivity index (χ0v) is 21.3. The lowest BCUT2D eigenvalue weighted by atomic mass is 10.1. The first kappa shape index (κ1) is 25.9. The highest BCUT2D eigenvalue weighted by Gasteiger charge is 2.16. The molecule has 0 unspecified atom stereocenters. The van der Waals surface area contributed by atoms with E-state index in [1.54, 1.807) is 18.4 Å². The van der Waals surface area contributed by atoms with Crippen LogP contribution < -0.4 is 10.0 Å². The lowest BCUT2D eigenvalue weighted by Crippen LogP contribution is -2.39. The SMILES string of the molecule is CN=C(NCc1ccccc1CS(=O)(=O)NC(C)C)N(C)CCc1cccs1.I. The number of rotatable bonds is 9. The molecule has 9 heteroatoms. The van der Waals surface area contributed by atoms with Crippen LogP contribution in [0.25, 0.3) is 0 Å². The summed E-state index contributed by atoms with van der Waals surface area (Å²) in [5, 5.41) is 5.43. The largest absolute Gasteiger partial charge is 0.352 e. The van der Waals surface area contributed by atoms with E-state index >= 15 is 0 Å². The fourth-order valence-electron chi connectivity index (χ4n) is 2.87. The van der Waals surface area contributed by atoms with Crippen LogP contribution in [0.2, 0.25) is 0 Å². The van der Waals surface area contributed by atoms with Gasteiger partial charge in [-0.25, -0.2) is 13.1 Å². The number of likely N-dealkylation sites (N-methyl/N-ethyl adjacent to an activating group) is 1. The van der Waals surface area contributed by atoms with Crippen LogP contribution >= 0.6 is 35.3 Å². The molecule has 0 amide bonds. The van der Waals surface area contributed by atoms with Gasteiger partial charge in [-0.3, -0.25) is 4.99 Å². The predicted molar refractivity (Wildman–Crippen MR) is 134 cm³/mol. The highest BCUT2D eigenvalue weighted by atomic mass is 127. The van der Waals surface area contributed by atoms with Gasteiger partial charge in [0.15, 0.2) is 5.96 Å². The van der Waals surface area contributed by atoms with Crippen LogP contribution in [0.1, 0.15) is 29.9 Å². The predicted octanol–water partition coefficient (Wildman–Crippen LogP) is 3.44. The summed E-state index contributed by atoms with van der Waals surface area (Å²) >= 11 is 1.76. The Labute approximate surface area is 195 Å². The molecule has 0 aliphatic rings. The van der Waals surface area contributed by atoms with E-state index in [4.69, 9.17) is 0 Å². The maximum Gasteiger partial charge on any atom is 0.216 e. The summed E-state index contributed by atoms with van der Waals surface area (Å²) in [6, 6.07) is 11.7. The average Bonchev–Trinajstić information content (AvgIpc) is 3.14. The van der Waals surface area contributed by atoms with Crippen molar-refractivity contribution < 1.29 is 8.42 Å². The van der Waals surface area contributed by atoms with Crippen molar-refractivity contribution in [1.82, 2.24) is 14.9 Å². The molecule has 0 fully saturated rings. The van der Waals surface area contributed by atoms with E-state index < -0.39 is 10.0 Å². The van der Waals surface area contributed by atoms with Gasteiger partial charge < -0.3 is 10.2 Å². The van der Waals surface area contributed by atoms with Crippen molar-refractivity contribution in [3.8, 4) is 0 Å². The topological polar surface area (TPSA) is 73.8 Å². The van der Waals surface area contributed by atoms with Crippen LogP contribution in [0.3, 0.4) is 0 Å². The number of guanidine groups is 1. The molecule has 0 saturated heterocycles. The van der Waals surface area contributed by atoms with Gasteiger partial charge in [-0.2, -0.15) is 0 Å². The number of thiophene rings is 1. The molecular formula is C20H31IN4O2S2. The van der Waals surface area contributed by atoms with E-state index in [2.05, 4.69) is 37.4 Å². The molecule has 1 aromatic heterocycles. The summed E-state index contributed by atoms with van der Waals surface area (Å²) < 4.78 is 27.2. The first-order valence-corrected chi connectivity index (χ1v) is 11.8. The van der Waals surface area contributed by atoms with Crippen molar-refractivity contribution in [1.29, 1.82) is 0 Å². The fraction of sp³-hybridized carbons (Fsp3) is 0.450. The van der Waals surface area contributed by atoms with Crippen molar-refractivity contribution in [2.75, 3.05) is 20.6 Å². The monoisotopic (exact) mass is 550 g/mol. The highest BCUT2D eigenvalue weighted by Crippen LogP contribution is 2.13. The lowest BCUT2D eigenvalue weighted by Gasteiger charge is -2.22. The Hall–Kier alpha value is -1.17.